The van der Waals surface area contributed by atoms with Crippen molar-refractivity contribution in [2.24, 2.45) is 45.6 Å². The second kappa shape index (κ2) is 11.0. The monoisotopic (exact) mass is 499 g/mol. The molecule has 1 amide bonds. The first-order valence-corrected chi connectivity index (χ1v) is 14.5. The summed E-state index contributed by atoms with van der Waals surface area (Å²) in [6.45, 7) is 16.3. The molecule has 3 fully saturated rings. The highest BCUT2D eigenvalue weighted by Gasteiger charge is 2.59. The van der Waals surface area contributed by atoms with Crippen molar-refractivity contribution in [2.75, 3.05) is 26.2 Å². The molecule has 202 valence electrons. The molecule has 4 rings (SSSR count). The molecule has 0 aromatic rings. The lowest BCUT2D eigenvalue weighted by Gasteiger charge is -2.58. The second-order valence-corrected chi connectivity index (χ2v) is 12.9. The lowest BCUT2D eigenvalue weighted by atomic mass is 9.46. The number of nitrogens with zero attached hydrogens (tertiary/aromatic N) is 2. The lowest BCUT2D eigenvalue weighted by Crippen LogP contribution is -2.51. The number of hydrogen-bond donors (Lipinski definition) is 1. The molecule has 0 radical (unpaired) electrons. The molecule has 4 aliphatic carbocycles. The molecular weight excluding hydrogens is 450 g/mol. The normalized spacial score (nSPS) is 36.1. The minimum absolute atomic E-state index is 0.211. The molecule has 0 saturated heterocycles. The van der Waals surface area contributed by atoms with E-state index in [0.29, 0.717) is 49.0 Å². The van der Waals surface area contributed by atoms with E-state index in [2.05, 4.69) is 45.1 Å². The quantitative estimate of drug-likeness (QED) is 0.186. The van der Waals surface area contributed by atoms with Gasteiger partial charge < -0.3 is 10.2 Å². The van der Waals surface area contributed by atoms with E-state index in [9.17, 15) is 9.59 Å². The Balaban J connectivity index is 1.39. The second-order valence-electron chi connectivity index (χ2n) is 12.9. The zero-order chi connectivity index (χ0) is 26.1. The molecule has 1 N–H and O–H groups in total. The van der Waals surface area contributed by atoms with Crippen LogP contribution in [-0.2, 0) is 9.63 Å². The number of ketones is 1. The van der Waals surface area contributed by atoms with Crippen molar-refractivity contribution in [3.63, 3.8) is 0 Å². The highest BCUT2D eigenvalue weighted by atomic mass is 16.7. The van der Waals surface area contributed by atoms with Gasteiger partial charge in [0.05, 0.1) is 5.71 Å². The van der Waals surface area contributed by atoms with Crippen molar-refractivity contribution in [1.29, 1.82) is 0 Å². The van der Waals surface area contributed by atoms with Crippen LogP contribution in [0, 0.1) is 40.4 Å². The Labute approximate surface area is 218 Å². The molecule has 0 unspecified atom stereocenters. The third-order valence-corrected chi connectivity index (χ3v) is 10.5. The fourth-order valence-corrected chi connectivity index (χ4v) is 8.46. The van der Waals surface area contributed by atoms with Gasteiger partial charge in [-0.1, -0.05) is 38.4 Å². The zero-order valence-corrected chi connectivity index (χ0v) is 23.6. The summed E-state index contributed by atoms with van der Waals surface area (Å²) >= 11 is 0. The van der Waals surface area contributed by atoms with Gasteiger partial charge in [-0.3, -0.25) is 9.63 Å². The van der Waals surface area contributed by atoms with E-state index in [1.807, 2.05) is 13.0 Å². The van der Waals surface area contributed by atoms with Crippen molar-refractivity contribution in [1.82, 2.24) is 10.2 Å². The summed E-state index contributed by atoms with van der Waals surface area (Å²) in [5.41, 5.74) is 2.84. The van der Waals surface area contributed by atoms with E-state index < -0.39 is 0 Å². The standard InChI is InChI=1S/C30H49N3O3/c1-7-33(17-16-31-19-20(2)3)28(35)36-32-21(4)25-10-11-26-24-9-8-22-18-23(34)12-14-29(22,5)27(24)13-15-30(25,26)6/h18,20,24-27,31H,7-17,19H2,1-6H3/b32-21+/t24-,25+,26-,27-,29-,30+/m0/s1. The maximum atomic E-state index is 12.7. The molecule has 0 aromatic heterocycles. The van der Waals surface area contributed by atoms with Crippen LogP contribution in [0.1, 0.15) is 92.9 Å². The molecule has 6 atom stereocenters. The van der Waals surface area contributed by atoms with Crippen LogP contribution >= 0.6 is 0 Å². The molecule has 6 nitrogen and oxygen atoms in total. The van der Waals surface area contributed by atoms with Crippen LogP contribution < -0.4 is 5.32 Å². The van der Waals surface area contributed by atoms with Crippen LogP contribution in [0.4, 0.5) is 4.79 Å². The largest absolute Gasteiger partial charge is 0.436 e. The molecular formula is C30H49N3O3. The van der Waals surface area contributed by atoms with Gasteiger partial charge in [-0.05, 0) is 106 Å². The van der Waals surface area contributed by atoms with Crippen LogP contribution in [0.25, 0.3) is 0 Å². The van der Waals surface area contributed by atoms with E-state index in [0.717, 1.165) is 44.0 Å². The average molecular weight is 500 g/mol. The number of oxime groups is 1. The van der Waals surface area contributed by atoms with Crippen molar-refractivity contribution >= 4 is 17.6 Å². The fourth-order valence-electron chi connectivity index (χ4n) is 8.46. The van der Waals surface area contributed by atoms with Crippen LogP contribution in [0.15, 0.2) is 16.8 Å². The molecule has 0 aromatic carbocycles. The molecule has 0 heterocycles. The van der Waals surface area contributed by atoms with Gasteiger partial charge >= 0.3 is 6.09 Å². The van der Waals surface area contributed by atoms with Gasteiger partial charge in [-0.15, -0.1) is 0 Å². The number of allylic oxidation sites excluding steroid dienone is 1. The zero-order valence-electron chi connectivity index (χ0n) is 23.6. The number of carbonyl (C=O) groups excluding carboxylic acids is 2. The Kier molecular flexibility index (Phi) is 8.33. The predicted molar refractivity (Wildman–Crippen MR) is 145 cm³/mol. The van der Waals surface area contributed by atoms with Crippen molar-refractivity contribution in [3.05, 3.63) is 11.6 Å². The topological polar surface area (TPSA) is 71.0 Å². The van der Waals surface area contributed by atoms with Gasteiger partial charge in [0.2, 0.25) is 0 Å². The number of fused-ring (bicyclic) bond motifs is 5. The maximum Gasteiger partial charge on any atom is 0.436 e. The minimum atomic E-state index is -0.349. The third kappa shape index (κ3) is 5.16. The summed E-state index contributed by atoms with van der Waals surface area (Å²) < 4.78 is 0. The first-order valence-electron chi connectivity index (χ1n) is 14.5. The maximum absolute atomic E-state index is 12.7. The summed E-state index contributed by atoms with van der Waals surface area (Å²) in [6, 6.07) is 0. The Morgan fingerprint density at radius 2 is 1.94 bits per heavy atom. The van der Waals surface area contributed by atoms with Crippen LogP contribution in [-0.4, -0.2) is 48.7 Å². The van der Waals surface area contributed by atoms with E-state index in [1.54, 1.807) is 4.90 Å². The fraction of sp³-hybridized carbons (Fsp3) is 0.833. The van der Waals surface area contributed by atoms with Gasteiger partial charge in [0, 0.05) is 32.0 Å². The summed E-state index contributed by atoms with van der Waals surface area (Å²) in [6.07, 6.45) is 10.5. The number of nitrogens with one attached hydrogen (secondary N) is 1. The minimum Gasteiger partial charge on any atom is -0.315 e. The van der Waals surface area contributed by atoms with Crippen molar-refractivity contribution < 1.29 is 14.4 Å². The predicted octanol–water partition coefficient (Wildman–Crippen LogP) is 6.21. The molecule has 0 aliphatic heterocycles. The summed E-state index contributed by atoms with van der Waals surface area (Å²) in [4.78, 5) is 32.0. The Bertz CT molecular complexity index is 896. The van der Waals surface area contributed by atoms with Gasteiger partial charge in [0.25, 0.3) is 0 Å². The number of likely N-dealkylation sites (N-methyl/N-ethyl adjacent to an activating group) is 1. The van der Waals surface area contributed by atoms with Crippen LogP contribution in [0.5, 0.6) is 0 Å². The number of hydrogen-bond acceptors (Lipinski definition) is 5. The third-order valence-electron chi connectivity index (χ3n) is 10.5. The van der Waals surface area contributed by atoms with Crippen LogP contribution in [0.3, 0.4) is 0 Å². The number of amides is 1. The molecule has 4 aliphatic rings. The Morgan fingerprint density at radius 1 is 1.17 bits per heavy atom. The molecule has 36 heavy (non-hydrogen) atoms. The highest BCUT2D eigenvalue weighted by Crippen LogP contribution is 2.66. The van der Waals surface area contributed by atoms with E-state index >= 15 is 0 Å². The number of rotatable bonds is 8. The van der Waals surface area contributed by atoms with E-state index in [-0.39, 0.29) is 16.9 Å². The SMILES string of the molecule is CCN(CCNCC(C)C)C(=O)O/N=C(\C)[C@H]1CC[C@H]2[C@@H]3CCC4=CC(=O)CC[C@]4(C)[C@H]3CC[C@]12C. The molecule has 6 heteroatoms. The molecule has 0 bridgehead atoms. The van der Waals surface area contributed by atoms with Gasteiger partial charge in [0.15, 0.2) is 5.78 Å². The molecule has 0 spiro atoms. The summed E-state index contributed by atoms with van der Waals surface area (Å²) in [7, 11) is 0. The smallest absolute Gasteiger partial charge is 0.315 e. The average Bonchev–Trinajstić information content (AvgIpc) is 3.20. The first kappa shape index (κ1) is 27.3. The Morgan fingerprint density at radius 3 is 2.67 bits per heavy atom. The van der Waals surface area contributed by atoms with Gasteiger partial charge in [-0.2, -0.15) is 0 Å². The summed E-state index contributed by atoms with van der Waals surface area (Å²) in [5, 5.41) is 7.81. The molecule has 3 saturated carbocycles. The van der Waals surface area contributed by atoms with Crippen LogP contribution in [0.2, 0.25) is 0 Å². The van der Waals surface area contributed by atoms with Crippen molar-refractivity contribution in [3.8, 4) is 0 Å². The van der Waals surface area contributed by atoms with Crippen molar-refractivity contribution in [2.45, 2.75) is 92.9 Å². The Hall–Kier alpha value is -1.69. The van der Waals surface area contributed by atoms with Gasteiger partial charge in [-0.25, -0.2) is 4.79 Å². The lowest BCUT2D eigenvalue weighted by molar-refractivity contribution is -0.117. The van der Waals surface area contributed by atoms with E-state index in [1.165, 1.54) is 31.3 Å². The van der Waals surface area contributed by atoms with E-state index in [4.69, 9.17) is 4.84 Å². The van der Waals surface area contributed by atoms with Gasteiger partial charge in [0.1, 0.15) is 0 Å². The summed E-state index contributed by atoms with van der Waals surface area (Å²) in [5.74, 6) is 3.41. The number of carbonyl (C=O) groups is 2. The highest BCUT2D eigenvalue weighted by molar-refractivity contribution is 5.91. The first-order chi connectivity index (χ1) is 17.1.